The van der Waals surface area contributed by atoms with Crippen LogP contribution in [0.5, 0.6) is 5.75 Å². The molecule has 3 aromatic rings. The molecule has 0 spiro atoms. The van der Waals surface area contributed by atoms with Gasteiger partial charge in [0.15, 0.2) is 0 Å². The summed E-state index contributed by atoms with van der Waals surface area (Å²) in [5.41, 5.74) is 1.64. The van der Waals surface area contributed by atoms with E-state index in [1.54, 1.807) is 24.4 Å². The number of pyridine rings is 1. The van der Waals surface area contributed by atoms with Crippen molar-refractivity contribution in [2.75, 3.05) is 27.3 Å². The molecule has 1 heterocycles. The van der Waals surface area contributed by atoms with E-state index in [-0.39, 0.29) is 18.1 Å². The Bertz CT molecular complexity index is 1150. The largest absolute Gasteiger partial charge is 0.490 e. The van der Waals surface area contributed by atoms with E-state index >= 15 is 0 Å². The molecule has 0 saturated heterocycles. The summed E-state index contributed by atoms with van der Waals surface area (Å²) in [5.74, 6) is 0.0000791. The van der Waals surface area contributed by atoms with E-state index in [1.165, 1.54) is 32.3 Å². The summed E-state index contributed by atoms with van der Waals surface area (Å²) in [4.78, 5) is 16.4. The molecule has 0 aliphatic rings. The Kier molecular flexibility index (Phi) is 6.81. The molecule has 1 aromatic heterocycles. The minimum atomic E-state index is -3.48. The lowest BCUT2D eigenvalue weighted by molar-refractivity contribution is -0.138. The molecule has 0 aliphatic carbocycles. The number of ether oxygens (including phenoxy) is 2. The summed E-state index contributed by atoms with van der Waals surface area (Å²) < 4.78 is 35.8. The van der Waals surface area contributed by atoms with Crippen LogP contribution in [-0.4, -0.2) is 51.0 Å². The van der Waals surface area contributed by atoms with Crippen LogP contribution in [0.1, 0.15) is 5.56 Å². The number of nitrogens with zero attached hydrogens (tertiary/aromatic N) is 2. The van der Waals surface area contributed by atoms with Crippen molar-refractivity contribution in [3.8, 4) is 5.75 Å². The fourth-order valence-electron chi connectivity index (χ4n) is 2.69. The van der Waals surface area contributed by atoms with Crippen molar-refractivity contribution < 1.29 is 22.7 Å². The lowest BCUT2D eigenvalue weighted by Crippen LogP contribution is -2.22. The molecule has 0 amide bonds. The summed E-state index contributed by atoms with van der Waals surface area (Å²) in [7, 11) is -0.534. The average Bonchev–Trinajstić information content (AvgIpc) is 2.75. The highest BCUT2D eigenvalue weighted by molar-refractivity contribution is 7.89. The molecule has 0 aliphatic heterocycles. The number of aromatic nitrogens is 1. The van der Waals surface area contributed by atoms with E-state index in [0.29, 0.717) is 5.75 Å². The molecule has 0 unspecified atom stereocenters. The van der Waals surface area contributed by atoms with Gasteiger partial charge in [0.1, 0.15) is 19.0 Å². The van der Waals surface area contributed by atoms with Gasteiger partial charge in [-0.15, -0.1) is 0 Å². The van der Waals surface area contributed by atoms with Gasteiger partial charge in [-0.1, -0.05) is 24.3 Å². The molecule has 30 heavy (non-hydrogen) atoms. The first-order chi connectivity index (χ1) is 14.4. The van der Waals surface area contributed by atoms with Crippen LogP contribution in [0.3, 0.4) is 0 Å². The molecule has 7 nitrogen and oxygen atoms in total. The minimum absolute atomic E-state index is 0.0642. The third kappa shape index (κ3) is 5.22. The normalized spacial score (nSPS) is 11.8. The third-order valence-corrected chi connectivity index (χ3v) is 6.09. The highest BCUT2D eigenvalue weighted by Crippen LogP contribution is 2.18. The number of carbonyl (C=O) groups excluding carboxylic acids is 1. The van der Waals surface area contributed by atoms with Gasteiger partial charge in [0.05, 0.1) is 10.4 Å². The predicted octanol–water partition coefficient (Wildman–Crippen LogP) is 3.12. The fraction of sp³-hybridized carbons (Fsp3) is 0.182. The highest BCUT2D eigenvalue weighted by Gasteiger charge is 2.16. The van der Waals surface area contributed by atoms with Gasteiger partial charge in [-0.25, -0.2) is 17.5 Å². The summed E-state index contributed by atoms with van der Waals surface area (Å²) in [6.45, 7) is 0.212. The van der Waals surface area contributed by atoms with Crippen molar-refractivity contribution in [1.29, 1.82) is 0 Å². The zero-order valence-corrected chi connectivity index (χ0v) is 17.5. The monoisotopic (exact) mass is 426 g/mol. The van der Waals surface area contributed by atoms with E-state index in [0.717, 1.165) is 20.8 Å². The van der Waals surface area contributed by atoms with E-state index in [9.17, 15) is 13.2 Å². The molecule has 156 valence electrons. The lowest BCUT2D eigenvalue weighted by Gasteiger charge is -2.12. The summed E-state index contributed by atoms with van der Waals surface area (Å²) in [5, 5.41) is 0.991. The van der Waals surface area contributed by atoms with Crippen LogP contribution in [0.25, 0.3) is 17.0 Å². The average molecular weight is 426 g/mol. The van der Waals surface area contributed by atoms with E-state index in [2.05, 4.69) is 4.98 Å². The van der Waals surface area contributed by atoms with Crippen molar-refractivity contribution in [1.82, 2.24) is 9.29 Å². The summed E-state index contributed by atoms with van der Waals surface area (Å²) >= 11 is 0. The predicted molar refractivity (Wildman–Crippen MR) is 115 cm³/mol. The van der Waals surface area contributed by atoms with Crippen molar-refractivity contribution in [2.24, 2.45) is 0 Å². The molecule has 0 N–H and O–H groups in total. The highest BCUT2D eigenvalue weighted by atomic mass is 32.2. The van der Waals surface area contributed by atoms with Crippen LogP contribution in [0, 0.1) is 0 Å². The molecule has 2 aromatic carbocycles. The smallest absolute Gasteiger partial charge is 0.330 e. The molecule has 0 radical (unpaired) electrons. The Labute approximate surface area is 175 Å². The van der Waals surface area contributed by atoms with Crippen LogP contribution in [0.4, 0.5) is 0 Å². The quantitative estimate of drug-likeness (QED) is 0.313. The van der Waals surface area contributed by atoms with Crippen molar-refractivity contribution in [3.05, 3.63) is 72.4 Å². The van der Waals surface area contributed by atoms with Crippen molar-refractivity contribution in [3.63, 3.8) is 0 Å². The van der Waals surface area contributed by atoms with Gasteiger partial charge in [-0.2, -0.15) is 0 Å². The maximum Gasteiger partial charge on any atom is 0.330 e. The van der Waals surface area contributed by atoms with Crippen molar-refractivity contribution >= 4 is 33.0 Å². The van der Waals surface area contributed by atoms with Gasteiger partial charge in [0, 0.05) is 37.3 Å². The number of para-hydroxylation sites is 1. The van der Waals surface area contributed by atoms with Gasteiger partial charge in [-0.3, -0.25) is 4.98 Å². The Morgan fingerprint density at radius 1 is 1.03 bits per heavy atom. The zero-order chi connectivity index (χ0) is 21.6. The Hall–Kier alpha value is -3.23. The molecule has 0 fully saturated rings. The number of carbonyl (C=O) groups is 1. The van der Waals surface area contributed by atoms with E-state index in [4.69, 9.17) is 9.47 Å². The SMILES string of the molecule is CN(C)S(=O)(=O)c1ccc(OCCOC(=O)/C=C/c2cccc3cccnc23)cc1. The van der Waals surface area contributed by atoms with Crippen molar-refractivity contribution in [2.45, 2.75) is 4.90 Å². The van der Waals surface area contributed by atoms with Crippen LogP contribution in [0.15, 0.2) is 71.8 Å². The van der Waals surface area contributed by atoms with Gasteiger partial charge in [-0.05, 0) is 36.4 Å². The zero-order valence-electron chi connectivity index (χ0n) is 16.7. The van der Waals surface area contributed by atoms with Gasteiger partial charge in [0.25, 0.3) is 0 Å². The molecular weight excluding hydrogens is 404 g/mol. The lowest BCUT2D eigenvalue weighted by atomic mass is 10.1. The number of hydrogen-bond donors (Lipinski definition) is 0. The van der Waals surface area contributed by atoms with Crippen LogP contribution in [-0.2, 0) is 19.6 Å². The Morgan fingerprint density at radius 2 is 1.77 bits per heavy atom. The second-order valence-electron chi connectivity index (χ2n) is 6.53. The fourth-order valence-corrected chi connectivity index (χ4v) is 3.59. The maximum absolute atomic E-state index is 12.0. The first-order valence-electron chi connectivity index (χ1n) is 9.22. The van der Waals surface area contributed by atoms with E-state index in [1.807, 2.05) is 30.3 Å². The molecule has 0 atom stereocenters. The number of rotatable bonds is 8. The number of fused-ring (bicyclic) bond motifs is 1. The number of esters is 1. The van der Waals surface area contributed by atoms with Gasteiger partial charge < -0.3 is 9.47 Å². The molecule has 3 rings (SSSR count). The van der Waals surface area contributed by atoms with Crippen LogP contribution < -0.4 is 4.74 Å². The standard InChI is InChI=1S/C22H22N2O5S/c1-24(2)30(26,27)20-11-9-19(10-12-20)28-15-16-29-21(25)13-8-18-6-3-5-17-7-4-14-23-22(17)18/h3-14H,15-16H2,1-2H3/b13-8+. The van der Waals surface area contributed by atoms with Crippen LogP contribution in [0.2, 0.25) is 0 Å². The first-order valence-corrected chi connectivity index (χ1v) is 10.7. The van der Waals surface area contributed by atoms with Crippen LogP contribution >= 0.6 is 0 Å². The molecule has 8 heteroatoms. The second kappa shape index (κ2) is 9.51. The molecule has 0 saturated carbocycles. The number of sulfonamides is 1. The minimum Gasteiger partial charge on any atom is -0.490 e. The first kappa shape index (κ1) is 21.5. The van der Waals surface area contributed by atoms with Gasteiger partial charge >= 0.3 is 5.97 Å². The molecule has 0 bridgehead atoms. The number of hydrogen-bond acceptors (Lipinski definition) is 6. The number of benzene rings is 2. The Morgan fingerprint density at radius 3 is 2.50 bits per heavy atom. The molecular formula is C22H22N2O5S. The van der Waals surface area contributed by atoms with Gasteiger partial charge in [0.2, 0.25) is 10.0 Å². The van der Waals surface area contributed by atoms with E-state index < -0.39 is 16.0 Å². The third-order valence-electron chi connectivity index (χ3n) is 4.26. The topological polar surface area (TPSA) is 85.8 Å². The Balaban J connectivity index is 1.48. The summed E-state index contributed by atoms with van der Waals surface area (Å²) in [6.07, 6.45) is 4.73. The summed E-state index contributed by atoms with van der Waals surface area (Å²) in [6, 6.07) is 15.6. The maximum atomic E-state index is 12.0. The second-order valence-corrected chi connectivity index (χ2v) is 8.68.